The fraction of sp³-hybridized carbons (Fsp3) is 0.667. The number of aromatic nitrogens is 2. The van der Waals surface area contributed by atoms with E-state index in [1.54, 1.807) is 0 Å². The van der Waals surface area contributed by atoms with Gasteiger partial charge >= 0.3 is 0 Å². The molecule has 1 aliphatic carbocycles. The second-order valence-electron chi connectivity index (χ2n) is 4.22. The molecule has 0 aliphatic heterocycles. The smallest absolute Gasteiger partial charge is 0.218 e. The Balaban J connectivity index is 1.96. The zero-order chi connectivity index (χ0) is 11.2. The van der Waals surface area contributed by atoms with Gasteiger partial charge in [0.1, 0.15) is 18.2 Å². The molecule has 2 rings (SSSR count). The van der Waals surface area contributed by atoms with Gasteiger partial charge in [0.15, 0.2) is 0 Å². The zero-order valence-electron chi connectivity index (χ0n) is 9.78. The van der Waals surface area contributed by atoms with E-state index in [1.165, 1.54) is 32.0 Å². The van der Waals surface area contributed by atoms with E-state index in [1.807, 2.05) is 13.1 Å². The quantitative estimate of drug-likeness (QED) is 0.797. The molecule has 1 aromatic heterocycles. The van der Waals surface area contributed by atoms with Crippen LogP contribution in [0.15, 0.2) is 12.4 Å². The first-order valence-electron chi connectivity index (χ1n) is 6.05. The normalized spacial score (nSPS) is 17.8. The van der Waals surface area contributed by atoms with Crippen molar-refractivity contribution in [1.82, 2.24) is 9.97 Å². The van der Waals surface area contributed by atoms with Crippen LogP contribution in [0.4, 0.5) is 5.82 Å². The number of ether oxygens (including phenoxy) is 1. The summed E-state index contributed by atoms with van der Waals surface area (Å²) < 4.78 is 5.89. The summed E-state index contributed by atoms with van der Waals surface area (Å²) in [5.41, 5.74) is 0. The fourth-order valence-corrected chi connectivity index (χ4v) is 2.07. The standard InChI is InChI=1S/C12H19N3O/c1-13-11-8-12(15-9-14-11)16-10-6-4-2-3-5-7-10/h8-10H,2-7H2,1H3,(H,13,14,15). The first-order valence-corrected chi connectivity index (χ1v) is 6.05. The van der Waals surface area contributed by atoms with Gasteiger partial charge in [-0.15, -0.1) is 0 Å². The Hall–Kier alpha value is -1.32. The predicted octanol–water partition coefficient (Wildman–Crippen LogP) is 2.62. The Labute approximate surface area is 96.4 Å². The molecule has 16 heavy (non-hydrogen) atoms. The molecule has 0 saturated heterocycles. The van der Waals surface area contributed by atoms with Crippen LogP contribution in [0.25, 0.3) is 0 Å². The SMILES string of the molecule is CNc1cc(OC2CCCCCC2)ncn1. The summed E-state index contributed by atoms with van der Waals surface area (Å²) in [6, 6.07) is 1.85. The second kappa shape index (κ2) is 5.68. The van der Waals surface area contributed by atoms with Crippen molar-refractivity contribution in [2.45, 2.75) is 44.6 Å². The maximum Gasteiger partial charge on any atom is 0.218 e. The van der Waals surface area contributed by atoms with E-state index in [0.717, 1.165) is 18.7 Å². The van der Waals surface area contributed by atoms with Crippen LogP contribution in [0.5, 0.6) is 5.88 Å². The molecule has 1 fully saturated rings. The summed E-state index contributed by atoms with van der Waals surface area (Å²) in [6.07, 6.45) is 9.40. The van der Waals surface area contributed by atoms with Gasteiger partial charge in [0, 0.05) is 13.1 Å². The minimum absolute atomic E-state index is 0.335. The first-order chi connectivity index (χ1) is 7.88. The Morgan fingerprint density at radius 3 is 2.62 bits per heavy atom. The van der Waals surface area contributed by atoms with Crippen LogP contribution < -0.4 is 10.1 Å². The Kier molecular flexibility index (Phi) is 3.97. The van der Waals surface area contributed by atoms with E-state index < -0.39 is 0 Å². The number of anilines is 1. The highest BCUT2D eigenvalue weighted by atomic mass is 16.5. The molecule has 1 saturated carbocycles. The summed E-state index contributed by atoms with van der Waals surface area (Å²) >= 11 is 0. The summed E-state index contributed by atoms with van der Waals surface area (Å²) in [5.74, 6) is 1.49. The van der Waals surface area contributed by atoms with E-state index in [9.17, 15) is 0 Å². The average Bonchev–Trinajstić information content (AvgIpc) is 2.58. The fourth-order valence-electron chi connectivity index (χ4n) is 2.07. The van der Waals surface area contributed by atoms with Crippen LogP contribution >= 0.6 is 0 Å². The summed E-state index contributed by atoms with van der Waals surface area (Å²) in [5, 5.41) is 2.99. The van der Waals surface area contributed by atoms with Gasteiger partial charge in [0.25, 0.3) is 0 Å². The average molecular weight is 221 g/mol. The molecular formula is C12H19N3O. The van der Waals surface area contributed by atoms with Crippen LogP contribution in [0.2, 0.25) is 0 Å². The molecule has 4 nitrogen and oxygen atoms in total. The van der Waals surface area contributed by atoms with Gasteiger partial charge in [-0.05, 0) is 25.7 Å². The van der Waals surface area contributed by atoms with Crippen molar-refractivity contribution >= 4 is 5.82 Å². The lowest BCUT2D eigenvalue weighted by Crippen LogP contribution is -2.16. The molecule has 1 heterocycles. The van der Waals surface area contributed by atoms with Crippen molar-refractivity contribution in [1.29, 1.82) is 0 Å². The van der Waals surface area contributed by atoms with Gasteiger partial charge in [-0.3, -0.25) is 0 Å². The monoisotopic (exact) mass is 221 g/mol. The molecule has 0 atom stereocenters. The summed E-state index contributed by atoms with van der Waals surface area (Å²) in [7, 11) is 1.85. The van der Waals surface area contributed by atoms with Gasteiger partial charge in [-0.2, -0.15) is 0 Å². The zero-order valence-corrected chi connectivity index (χ0v) is 9.78. The Morgan fingerprint density at radius 1 is 1.19 bits per heavy atom. The molecule has 88 valence electrons. The Bertz CT molecular complexity index is 322. The predicted molar refractivity (Wildman–Crippen MR) is 63.7 cm³/mol. The van der Waals surface area contributed by atoms with E-state index in [-0.39, 0.29) is 0 Å². The van der Waals surface area contributed by atoms with Gasteiger partial charge < -0.3 is 10.1 Å². The summed E-state index contributed by atoms with van der Waals surface area (Å²) in [6.45, 7) is 0. The molecular weight excluding hydrogens is 202 g/mol. The highest BCUT2D eigenvalue weighted by Crippen LogP contribution is 2.22. The lowest BCUT2D eigenvalue weighted by atomic mass is 10.1. The molecule has 0 bridgehead atoms. The van der Waals surface area contributed by atoms with Crippen molar-refractivity contribution in [2.75, 3.05) is 12.4 Å². The highest BCUT2D eigenvalue weighted by molar-refractivity contribution is 5.36. The van der Waals surface area contributed by atoms with Crippen molar-refractivity contribution in [2.24, 2.45) is 0 Å². The van der Waals surface area contributed by atoms with Gasteiger partial charge in [-0.1, -0.05) is 12.8 Å². The van der Waals surface area contributed by atoms with Crippen LogP contribution in [0.1, 0.15) is 38.5 Å². The van der Waals surface area contributed by atoms with E-state index in [0.29, 0.717) is 12.0 Å². The number of hydrogen-bond acceptors (Lipinski definition) is 4. The van der Waals surface area contributed by atoms with E-state index >= 15 is 0 Å². The molecule has 0 unspecified atom stereocenters. The van der Waals surface area contributed by atoms with Crippen molar-refractivity contribution in [3.05, 3.63) is 12.4 Å². The minimum Gasteiger partial charge on any atom is -0.474 e. The Morgan fingerprint density at radius 2 is 1.94 bits per heavy atom. The number of nitrogens with one attached hydrogen (secondary N) is 1. The number of hydrogen-bond donors (Lipinski definition) is 1. The van der Waals surface area contributed by atoms with E-state index in [2.05, 4.69) is 15.3 Å². The minimum atomic E-state index is 0.335. The van der Waals surface area contributed by atoms with Gasteiger partial charge in [0.05, 0.1) is 0 Å². The van der Waals surface area contributed by atoms with Crippen LogP contribution in [-0.2, 0) is 0 Å². The maximum absolute atomic E-state index is 5.89. The lowest BCUT2D eigenvalue weighted by Gasteiger charge is -2.16. The molecule has 0 aromatic carbocycles. The van der Waals surface area contributed by atoms with Crippen LogP contribution in [0.3, 0.4) is 0 Å². The van der Waals surface area contributed by atoms with E-state index in [4.69, 9.17) is 4.74 Å². The molecule has 1 N–H and O–H groups in total. The third kappa shape index (κ3) is 3.08. The molecule has 1 aliphatic rings. The van der Waals surface area contributed by atoms with Crippen molar-refractivity contribution in [3.8, 4) is 5.88 Å². The van der Waals surface area contributed by atoms with Crippen LogP contribution in [0, 0.1) is 0 Å². The molecule has 4 heteroatoms. The number of nitrogens with zero attached hydrogens (tertiary/aromatic N) is 2. The van der Waals surface area contributed by atoms with Crippen LogP contribution in [-0.4, -0.2) is 23.1 Å². The topological polar surface area (TPSA) is 47.0 Å². The van der Waals surface area contributed by atoms with Crippen molar-refractivity contribution in [3.63, 3.8) is 0 Å². The lowest BCUT2D eigenvalue weighted by molar-refractivity contribution is 0.176. The van der Waals surface area contributed by atoms with Crippen molar-refractivity contribution < 1.29 is 4.74 Å². The highest BCUT2D eigenvalue weighted by Gasteiger charge is 2.14. The third-order valence-corrected chi connectivity index (χ3v) is 2.99. The maximum atomic E-state index is 5.89. The van der Waals surface area contributed by atoms with Gasteiger partial charge in [0.2, 0.25) is 5.88 Å². The molecule has 1 aromatic rings. The summed E-state index contributed by atoms with van der Waals surface area (Å²) in [4.78, 5) is 8.21. The molecule has 0 spiro atoms. The second-order valence-corrected chi connectivity index (χ2v) is 4.22. The first kappa shape index (κ1) is 11.2. The molecule has 0 amide bonds. The molecule has 0 radical (unpaired) electrons. The number of rotatable bonds is 3. The third-order valence-electron chi connectivity index (χ3n) is 2.99. The largest absolute Gasteiger partial charge is 0.474 e. The van der Waals surface area contributed by atoms with Gasteiger partial charge in [-0.25, -0.2) is 9.97 Å².